The zero-order valence-corrected chi connectivity index (χ0v) is 10.7. The molecule has 0 aliphatic rings. The van der Waals surface area contributed by atoms with Gasteiger partial charge in [0.25, 0.3) is 0 Å². The maximum atomic E-state index is 5.59. The Morgan fingerprint density at radius 1 is 1.33 bits per heavy atom. The molecule has 15 heavy (non-hydrogen) atoms. The second-order valence-corrected chi connectivity index (χ2v) is 5.10. The number of aromatic nitrogens is 3. The van der Waals surface area contributed by atoms with Crippen LogP contribution in [0, 0.1) is 0 Å². The van der Waals surface area contributed by atoms with Gasteiger partial charge in [-0.25, -0.2) is 4.98 Å². The van der Waals surface area contributed by atoms with Crippen molar-refractivity contribution in [2.45, 2.75) is 10.6 Å². The summed E-state index contributed by atoms with van der Waals surface area (Å²) in [6, 6.07) is 8.12. The van der Waals surface area contributed by atoms with Crippen LogP contribution in [0.15, 0.2) is 33.6 Å². The van der Waals surface area contributed by atoms with Crippen molar-refractivity contribution in [3.8, 4) is 0 Å². The van der Waals surface area contributed by atoms with Crippen LogP contribution in [0.3, 0.4) is 0 Å². The normalized spacial score (nSPS) is 10.5. The topological polar surface area (TPSA) is 41.6 Å². The van der Waals surface area contributed by atoms with Crippen LogP contribution < -0.4 is 0 Å². The average molecular weight is 305 g/mol. The summed E-state index contributed by atoms with van der Waals surface area (Å²) in [6.45, 7) is 0. The number of benzene rings is 1. The van der Waals surface area contributed by atoms with E-state index in [4.69, 9.17) is 11.6 Å². The predicted octanol–water partition coefficient (Wildman–Crippen LogP) is 3.51. The Morgan fingerprint density at radius 2 is 2.07 bits per heavy atom. The first kappa shape index (κ1) is 11.0. The van der Waals surface area contributed by atoms with Gasteiger partial charge in [-0.3, -0.25) is 5.10 Å². The number of thioether (sulfide) groups is 1. The second-order valence-electron chi connectivity index (χ2n) is 2.79. The van der Waals surface area contributed by atoms with Gasteiger partial charge in [0, 0.05) is 9.37 Å². The molecule has 2 aromatic rings. The molecule has 0 unspecified atom stereocenters. The molecule has 1 heterocycles. The van der Waals surface area contributed by atoms with Crippen molar-refractivity contribution in [3.63, 3.8) is 0 Å². The Balaban J connectivity index is 1.96. The van der Waals surface area contributed by atoms with Crippen molar-refractivity contribution in [3.05, 3.63) is 39.8 Å². The Kier molecular flexibility index (Phi) is 3.66. The zero-order valence-electron chi connectivity index (χ0n) is 7.58. The summed E-state index contributed by atoms with van der Waals surface area (Å²) in [5.74, 6) is 1.52. The van der Waals surface area contributed by atoms with Gasteiger partial charge in [-0.1, -0.05) is 15.9 Å². The van der Waals surface area contributed by atoms with Gasteiger partial charge in [-0.05, 0) is 35.9 Å². The van der Waals surface area contributed by atoms with E-state index >= 15 is 0 Å². The lowest BCUT2D eigenvalue weighted by molar-refractivity contribution is 1.02. The maximum absolute atomic E-state index is 5.59. The molecule has 0 saturated heterocycles. The fourth-order valence-electron chi connectivity index (χ4n) is 1.02. The molecule has 78 valence electrons. The number of halogens is 2. The van der Waals surface area contributed by atoms with Gasteiger partial charge in [0.1, 0.15) is 5.82 Å². The Hall–Kier alpha value is -0.520. The van der Waals surface area contributed by atoms with Crippen LogP contribution in [-0.4, -0.2) is 15.2 Å². The number of H-pyrrole nitrogens is 1. The summed E-state index contributed by atoms with van der Waals surface area (Å²) in [7, 11) is 0. The van der Waals surface area contributed by atoms with Crippen molar-refractivity contribution < 1.29 is 0 Å². The van der Waals surface area contributed by atoms with Crippen molar-refractivity contribution in [2.75, 3.05) is 0 Å². The van der Waals surface area contributed by atoms with Crippen molar-refractivity contribution in [1.82, 2.24) is 15.2 Å². The smallest absolute Gasteiger partial charge is 0.242 e. The third kappa shape index (κ3) is 3.22. The first-order valence-corrected chi connectivity index (χ1v) is 6.35. The van der Waals surface area contributed by atoms with Crippen LogP contribution in [0.25, 0.3) is 0 Å². The molecule has 1 N–H and O–H groups in total. The molecule has 2 rings (SSSR count). The maximum Gasteiger partial charge on any atom is 0.242 e. The lowest BCUT2D eigenvalue weighted by atomic mass is 10.4. The number of aromatic amines is 1. The van der Waals surface area contributed by atoms with Gasteiger partial charge in [0.15, 0.2) is 0 Å². The Morgan fingerprint density at radius 3 is 2.67 bits per heavy atom. The first-order chi connectivity index (χ1) is 7.24. The van der Waals surface area contributed by atoms with Gasteiger partial charge in [-0.15, -0.1) is 16.9 Å². The molecular weight excluding hydrogens is 298 g/mol. The monoisotopic (exact) mass is 303 g/mol. The molecule has 6 heteroatoms. The van der Waals surface area contributed by atoms with Gasteiger partial charge < -0.3 is 0 Å². The number of nitrogens with one attached hydrogen (secondary N) is 1. The average Bonchev–Trinajstić information content (AvgIpc) is 2.64. The molecule has 0 fully saturated rings. The summed E-state index contributed by atoms with van der Waals surface area (Å²) in [5.41, 5.74) is 0. The van der Waals surface area contributed by atoms with E-state index in [-0.39, 0.29) is 5.28 Å². The van der Waals surface area contributed by atoms with Crippen molar-refractivity contribution in [1.29, 1.82) is 0 Å². The van der Waals surface area contributed by atoms with E-state index in [1.807, 2.05) is 24.3 Å². The van der Waals surface area contributed by atoms with E-state index < -0.39 is 0 Å². The number of nitrogens with zero attached hydrogens (tertiary/aromatic N) is 2. The largest absolute Gasteiger partial charge is 0.261 e. The molecule has 0 atom stereocenters. The molecule has 0 radical (unpaired) electrons. The molecule has 1 aromatic heterocycles. The molecule has 0 bridgehead atoms. The first-order valence-electron chi connectivity index (χ1n) is 4.19. The van der Waals surface area contributed by atoms with Crippen LogP contribution >= 0.6 is 39.3 Å². The SMILES string of the molecule is Clc1n[nH]c(CSc2ccc(Br)cc2)n1. The summed E-state index contributed by atoms with van der Waals surface area (Å²) in [6.07, 6.45) is 0. The standard InChI is InChI=1S/C9H7BrClN3S/c10-6-1-3-7(4-2-6)15-5-8-12-9(11)14-13-8/h1-4H,5H2,(H,12,13,14). The summed E-state index contributed by atoms with van der Waals surface area (Å²) >= 11 is 10.7. The highest BCUT2D eigenvalue weighted by atomic mass is 79.9. The highest BCUT2D eigenvalue weighted by Gasteiger charge is 2.01. The van der Waals surface area contributed by atoms with E-state index in [1.54, 1.807) is 11.8 Å². The Bertz CT molecular complexity index is 443. The minimum Gasteiger partial charge on any atom is -0.261 e. The van der Waals surface area contributed by atoms with Gasteiger partial charge in [-0.2, -0.15) is 0 Å². The number of hydrogen-bond donors (Lipinski definition) is 1. The van der Waals surface area contributed by atoms with E-state index in [0.29, 0.717) is 0 Å². The van der Waals surface area contributed by atoms with Crippen LogP contribution in [0.2, 0.25) is 5.28 Å². The van der Waals surface area contributed by atoms with Crippen LogP contribution in [0.5, 0.6) is 0 Å². The fourth-order valence-corrected chi connectivity index (χ4v) is 2.19. The molecule has 0 saturated carbocycles. The Labute approximate surface area is 105 Å². The molecule has 0 spiro atoms. The number of hydrogen-bond acceptors (Lipinski definition) is 3. The van der Waals surface area contributed by atoms with E-state index in [9.17, 15) is 0 Å². The summed E-state index contributed by atoms with van der Waals surface area (Å²) in [5, 5.41) is 6.78. The zero-order chi connectivity index (χ0) is 10.7. The molecule has 3 nitrogen and oxygen atoms in total. The minimum absolute atomic E-state index is 0.265. The molecular formula is C9H7BrClN3S. The minimum atomic E-state index is 0.265. The van der Waals surface area contributed by atoms with Crippen molar-refractivity contribution >= 4 is 39.3 Å². The van der Waals surface area contributed by atoms with Crippen LogP contribution in [0.4, 0.5) is 0 Å². The van der Waals surface area contributed by atoms with E-state index in [1.165, 1.54) is 4.90 Å². The fraction of sp³-hybridized carbons (Fsp3) is 0.111. The second kappa shape index (κ2) is 5.01. The summed E-state index contributed by atoms with van der Waals surface area (Å²) in [4.78, 5) is 5.20. The molecule has 0 aliphatic carbocycles. The lowest BCUT2D eigenvalue weighted by Crippen LogP contribution is -1.83. The third-order valence-electron chi connectivity index (χ3n) is 1.69. The highest BCUT2D eigenvalue weighted by Crippen LogP contribution is 2.23. The van der Waals surface area contributed by atoms with Gasteiger partial charge in [0.2, 0.25) is 5.28 Å². The van der Waals surface area contributed by atoms with Crippen LogP contribution in [0.1, 0.15) is 5.82 Å². The quantitative estimate of drug-likeness (QED) is 0.882. The van der Waals surface area contributed by atoms with Crippen molar-refractivity contribution in [2.24, 2.45) is 0 Å². The molecule has 0 aliphatic heterocycles. The molecule has 1 aromatic carbocycles. The lowest BCUT2D eigenvalue weighted by Gasteiger charge is -1.98. The molecule has 0 amide bonds. The number of rotatable bonds is 3. The van der Waals surface area contributed by atoms with Gasteiger partial charge in [0.05, 0.1) is 5.75 Å². The summed E-state index contributed by atoms with van der Waals surface area (Å²) < 4.78 is 1.08. The highest BCUT2D eigenvalue weighted by molar-refractivity contribution is 9.10. The van der Waals surface area contributed by atoms with E-state index in [2.05, 4.69) is 31.1 Å². The predicted molar refractivity (Wildman–Crippen MR) is 65.1 cm³/mol. The van der Waals surface area contributed by atoms with E-state index in [0.717, 1.165) is 16.0 Å². The van der Waals surface area contributed by atoms with Crippen LogP contribution in [-0.2, 0) is 5.75 Å². The third-order valence-corrected chi connectivity index (χ3v) is 3.41. The van der Waals surface area contributed by atoms with Gasteiger partial charge >= 0.3 is 0 Å².